The molecular weight excluding hydrogens is 342 g/mol. The van der Waals surface area contributed by atoms with Gasteiger partial charge in [-0.15, -0.1) is 10.2 Å². The number of fused-ring (bicyclic) bond motifs is 3. The molecule has 0 amide bonds. The smallest absolute Gasteiger partial charge is 0.179 e. The molecule has 7 heteroatoms. The van der Waals surface area contributed by atoms with Gasteiger partial charge in [-0.2, -0.15) is 0 Å². The van der Waals surface area contributed by atoms with E-state index in [4.69, 9.17) is 4.74 Å². The van der Waals surface area contributed by atoms with E-state index in [2.05, 4.69) is 56.4 Å². The highest BCUT2D eigenvalue weighted by atomic mass is 28.3. The lowest BCUT2D eigenvalue weighted by atomic mass is 9.80. The van der Waals surface area contributed by atoms with Crippen LogP contribution >= 0.6 is 0 Å². The molecule has 140 valence electrons. The van der Waals surface area contributed by atoms with Crippen molar-refractivity contribution in [3.05, 3.63) is 24.3 Å². The summed E-state index contributed by atoms with van der Waals surface area (Å²) in [7, 11) is -0.556. The standard InChI is InChI=1S/C19H29N5OSi/c1-14-6-4-5-7-15(14)18-22-21-17-12-20-19-16(24(17)18)8-9-23(19)13-25-10-11-26(2)3/h8-9,12,14-15,26H,4-7,10-11,13H2,1-3H3. The molecule has 1 aliphatic rings. The first kappa shape index (κ1) is 17.7. The van der Waals surface area contributed by atoms with E-state index < -0.39 is 8.80 Å². The molecule has 0 aliphatic heterocycles. The minimum Gasteiger partial charge on any atom is -0.361 e. The summed E-state index contributed by atoms with van der Waals surface area (Å²) in [5.41, 5.74) is 2.88. The van der Waals surface area contributed by atoms with Crippen LogP contribution in [0, 0.1) is 5.92 Å². The van der Waals surface area contributed by atoms with E-state index in [9.17, 15) is 0 Å². The fraction of sp³-hybridized carbons (Fsp3) is 0.632. The fourth-order valence-corrected chi connectivity index (χ4v) is 4.69. The van der Waals surface area contributed by atoms with Gasteiger partial charge in [-0.05, 0) is 24.4 Å². The Morgan fingerprint density at radius 1 is 1.23 bits per heavy atom. The van der Waals surface area contributed by atoms with Crippen LogP contribution in [0.1, 0.15) is 44.3 Å². The zero-order valence-corrected chi connectivity index (χ0v) is 17.2. The van der Waals surface area contributed by atoms with Crippen molar-refractivity contribution in [2.45, 2.75) is 64.4 Å². The minimum atomic E-state index is -0.556. The lowest BCUT2D eigenvalue weighted by Crippen LogP contribution is -2.17. The van der Waals surface area contributed by atoms with Gasteiger partial charge < -0.3 is 9.30 Å². The molecule has 2 atom stereocenters. The summed E-state index contributed by atoms with van der Waals surface area (Å²) in [5.74, 6) is 2.24. The van der Waals surface area contributed by atoms with Gasteiger partial charge in [0, 0.05) is 27.5 Å². The van der Waals surface area contributed by atoms with Gasteiger partial charge in [0.2, 0.25) is 0 Å². The number of nitrogens with zero attached hydrogens (tertiary/aromatic N) is 5. The molecule has 0 spiro atoms. The summed E-state index contributed by atoms with van der Waals surface area (Å²) in [4.78, 5) is 4.63. The Kier molecular flexibility index (Phi) is 5.08. The van der Waals surface area contributed by atoms with Crippen LogP contribution in [0.2, 0.25) is 19.1 Å². The number of hydrogen-bond donors (Lipinski definition) is 0. The molecule has 26 heavy (non-hydrogen) atoms. The van der Waals surface area contributed by atoms with Crippen LogP contribution in [0.25, 0.3) is 16.8 Å². The van der Waals surface area contributed by atoms with E-state index in [0.29, 0.717) is 18.6 Å². The topological polar surface area (TPSA) is 57.2 Å². The molecule has 1 fully saturated rings. The predicted octanol–water partition coefficient (Wildman–Crippen LogP) is 3.83. The Hall–Kier alpha value is -1.73. The van der Waals surface area contributed by atoms with Crippen molar-refractivity contribution in [3.8, 4) is 0 Å². The van der Waals surface area contributed by atoms with Gasteiger partial charge in [-0.3, -0.25) is 4.40 Å². The van der Waals surface area contributed by atoms with Gasteiger partial charge >= 0.3 is 0 Å². The third kappa shape index (κ3) is 3.30. The molecule has 0 radical (unpaired) electrons. The SMILES string of the molecule is CC1CCCCC1c1nnc2cnc3c(ccn3COCC[SiH](C)C)n12. The first-order valence-electron chi connectivity index (χ1n) is 9.91. The van der Waals surface area contributed by atoms with Gasteiger partial charge in [0.05, 0.1) is 11.7 Å². The zero-order chi connectivity index (χ0) is 18.1. The monoisotopic (exact) mass is 371 g/mol. The Bertz CT molecular complexity index is 887. The van der Waals surface area contributed by atoms with E-state index in [1.54, 1.807) is 0 Å². The maximum absolute atomic E-state index is 5.87. The van der Waals surface area contributed by atoms with E-state index >= 15 is 0 Å². The Labute approximate surface area is 156 Å². The lowest BCUT2D eigenvalue weighted by Gasteiger charge is -2.27. The van der Waals surface area contributed by atoms with Gasteiger partial charge in [0.1, 0.15) is 12.6 Å². The predicted molar refractivity (Wildman–Crippen MR) is 106 cm³/mol. The second-order valence-corrected chi connectivity index (χ2v) is 11.5. The number of ether oxygens (including phenoxy) is 1. The summed E-state index contributed by atoms with van der Waals surface area (Å²) in [6, 6.07) is 3.34. The van der Waals surface area contributed by atoms with E-state index in [1.807, 2.05) is 6.20 Å². The van der Waals surface area contributed by atoms with Crippen LogP contribution < -0.4 is 0 Å². The summed E-state index contributed by atoms with van der Waals surface area (Å²) < 4.78 is 10.2. The van der Waals surface area contributed by atoms with Gasteiger partial charge in [0.25, 0.3) is 0 Å². The molecule has 0 aromatic carbocycles. The van der Waals surface area contributed by atoms with Crippen molar-refractivity contribution in [1.29, 1.82) is 0 Å². The van der Waals surface area contributed by atoms with E-state index in [0.717, 1.165) is 29.2 Å². The second-order valence-electron chi connectivity index (χ2n) is 8.09. The molecule has 2 unspecified atom stereocenters. The summed E-state index contributed by atoms with van der Waals surface area (Å²) in [6.07, 6.45) is 9.00. The second kappa shape index (κ2) is 7.48. The van der Waals surface area contributed by atoms with Crippen molar-refractivity contribution in [2.24, 2.45) is 5.92 Å². The summed E-state index contributed by atoms with van der Waals surface area (Å²) in [5, 5.41) is 8.96. The van der Waals surface area contributed by atoms with Crippen LogP contribution in [0.4, 0.5) is 0 Å². The maximum Gasteiger partial charge on any atom is 0.179 e. The van der Waals surface area contributed by atoms with Gasteiger partial charge in [-0.1, -0.05) is 39.3 Å². The van der Waals surface area contributed by atoms with Gasteiger partial charge in [0.15, 0.2) is 11.3 Å². The third-order valence-electron chi connectivity index (χ3n) is 5.68. The summed E-state index contributed by atoms with van der Waals surface area (Å²) >= 11 is 0. The highest BCUT2D eigenvalue weighted by Gasteiger charge is 2.28. The molecule has 3 heterocycles. The minimum absolute atomic E-state index is 0.486. The molecule has 1 saturated carbocycles. The largest absolute Gasteiger partial charge is 0.361 e. The Morgan fingerprint density at radius 3 is 2.88 bits per heavy atom. The van der Waals surface area contributed by atoms with Crippen molar-refractivity contribution < 1.29 is 4.74 Å². The average Bonchev–Trinajstić information content (AvgIpc) is 3.22. The van der Waals surface area contributed by atoms with Crippen molar-refractivity contribution in [3.63, 3.8) is 0 Å². The first-order chi connectivity index (χ1) is 12.6. The van der Waals surface area contributed by atoms with Crippen LogP contribution in [0.3, 0.4) is 0 Å². The van der Waals surface area contributed by atoms with Crippen molar-refractivity contribution in [1.82, 2.24) is 24.1 Å². The summed E-state index contributed by atoms with van der Waals surface area (Å²) in [6.45, 7) is 8.45. The molecule has 3 aromatic heterocycles. The molecule has 3 aromatic rings. The van der Waals surface area contributed by atoms with Gasteiger partial charge in [-0.25, -0.2) is 4.98 Å². The van der Waals surface area contributed by atoms with E-state index in [1.165, 1.54) is 31.7 Å². The Balaban J connectivity index is 1.65. The van der Waals surface area contributed by atoms with Crippen LogP contribution in [-0.2, 0) is 11.5 Å². The van der Waals surface area contributed by atoms with Crippen LogP contribution in [-0.4, -0.2) is 39.6 Å². The molecule has 1 aliphatic carbocycles. The quantitative estimate of drug-likeness (QED) is 0.488. The highest BCUT2D eigenvalue weighted by Crippen LogP contribution is 2.37. The molecule has 0 bridgehead atoms. The highest BCUT2D eigenvalue weighted by molar-refractivity contribution is 6.55. The number of rotatable bonds is 6. The lowest BCUT2D eigenvalue weighted by molar-refractivity contribution is 0.0902. The fourth-order valence-electron chi connectivity index (χ4n) is 4.05. The first-order valence-corrected chi connectivity index (χ1v) is 13.0. The molecular formula is C19H29N5OSi. The molecule has 0 saturated heterocycles. The number of hydrogen-bond acceptors (Lipinski definition) is 4. The van der Waals surface area contributed by atoms with E-state index in [-0.39, 0.29) is 0 Å². The van der Waals surface area contributed by atoms with Crippen molar-refractivity contribution in [2.75, 3.05) is 6.61 Å². The van der Waals surface area contributed by atoms with Crippen molar-refractivity contribution >= 4 is 25.6 Å². The van der Waals surface area contributed by atoms with Crippen LogP contribution in [0.5, 0.6) is 0 Å². The maximum atomic E-state index is 5.87. The van der Waals surface area contributed by atoms with Crippen LogP contribution in [0.15, 0.2) is 18.5 Å². The normalized spacial score (nSPS) is 21.2. The average molecular weight is 372 g/mol. The molecule has 0 N–H and O–H groups in total. The Morgan fingerprint density at radius 2 is 2.08 bits per heavy atom. The molecule has 4 rings (SSSR count). The third-order valence-corrected chi connectivity index (χ3v) is 7.07. The zero-order valence-electron chi connectivity index (χ0n) is 16.1. The molecule has 6 nitrogen and oxygen atoms in total. The number of aromatic nitrogens is 5.